The SMILES string of the molecule is C(=Cc1ccccc1)Cc1[nH]cc[n+]1CC=Cc1ccccc1.[Cl-]. The van der Waals surface area contributed by atoms with Crippen molar-refractivity contribution < 1.29 is 17.0 Å². The monoisotopic (exact) mass is 336 g/mol. The highest BCUT2D eigenvalue weighted by atomic mass is 35.5. The number of H-pyrrole nitrogens is 1. The Morgan fingerprint density at radius 3 is 2.00 bits per heavy atom. The van der Waals surface area contributed by atoms with Crippen molar-refractivity contribution in [3.05, 3.63) is 102 Å². The summed E-state index contributed by atoms with van der Waals surface area (Å²) < 4.78 is 2.23. The molecule has 2 aromatic carbocycles. The third-order valence-electron chi connectivity index (χ3n) is 3.68. The fourth-order valence-corrected chi connectivity index (χ4v) is 2.48. The summed E-state index contributed by atoms with van der Waals surface area (Å²) in [5, 5.41) is 0. The van der Waals surface area contributed by atoms with E-state index in [1.165, 1.54) is 17.0 Å². The molecule has 0 aliphatic carbocycles. The Kier molecular flexibility index (Phi) is 7.06. The average Bonchev–Trinajstić information content (AvgIpc) is 3.04. The minimum absolute atomic E-state index is 0. The Bertz CT molecular complexity index is 708. The molecular weight excluding hydrogens is 316 g/mol. The largest absolute Gasteiger partial charge is 1.00 e. The van der Waals surface area contributed by atoms with Gasteiger partial charge in [0.25, 0.3) is 5.82 Å². The van der Waals surface area contributed by atoms with Crippen LogP contribution in [0.15, 0.2) is 85.2 Å². The Morgan fingerprint density at radius 2 is 1.38 bits per heavy atom. The van der Waals surface area contributed by atoms with E-state index < -0.39 is 0 Å². The Morgan fingerprint density at radius 1 is 0.792 bits per heavy atom. The molecule has 0 spiro atoms. The first kappa shape index (κ1) is 17.8. The topological polar surface area (TPSA) is 19.7 Å². The number of aromatic nitrogens is 2. The summed E-state index contributed by atoms with van der Waals surface area (Å²) in [6.07, 6.45) is 13.7. The molecule has 2 nitrogen and oxygen atoms in total. The van der Waals surface area contributed by atoms with Gasteiger partial charge in [-0.05, 0) is 17.2 Å². The third kappa shape index (κ3) is 5.25. The van der Waals surface area contributed by atoms with E-state index in [-0.39, 0.29) is 12.4 Å². The highest BCUT2D eigenvalue weighted by Gasteiger charge is 2.06. The van der Waals surface area contributed by atoms with E-state index in [4.69, 9.17) is 0 Å². The number of hydrogen-bond donors (Lipinski definition) is 1. The van der Waals surface area contributed by atoms with Crippen molar-refractivity contribution >= 4 is 12.2 Å². The van der Waals surface area contributed by atoms with Gasteiger partial charge < -0.3 is 12.4 Å². The van der Waals surface area contributed by atoms with E-state index in [2.05, 4.69) is 88.6 Å². The molecule has 1 heterocycles. The third-order valence-corrected chi connectivity index (χ3v) is 3.68. The summed E-state index contributed by atoms with van der Waals surface area (Å²) in [6.45, 7) is 0.868. The number of nitrogens with zero attached hydrogens (tertiary/aromatic N) is 1. The molecule has 24 heavy (non-hydrogen) atoms. The molecule has 1 aromatic heterocycles. The maximum Gasteiger partial charge on any atom is 0.258 e. The quantitative estimate of drug-likeness (QED) is 0.654. The van der Waals surface area contributed by atoms with Crippen LogP contribution < -0.4 is 17.0 Å². The average molecular weight is 337 g/mol. The first-order valence-electron chi connectivity index (χ1n) is 7.91. The van der Waals surface area contributed by atoms with Crippen LogP contribution in [0.3, 0.4) is 0 Å². The molecular formula is C21H21ClN2. The van der Waals surface area contributed by atoms with Gasteiger partial charge in [-0.2, -0.15) is 0 Å². The standard InChI is InChI=1S/C21H20N2.ClH/c1-3-9-19(10-4-1)13-7-15-21-22-16-18-23(21)17-8-14-20-11-5-2-6-12-20;/h1-14,16,18H,15,17H2;1H. The van der Waals surface area contributed by atoms with Gasteiger partial charge in [0.1, 0.15) is 18.9 Å². The lowest BCUT2D eigenvalue weighted by molar-refractivity contribution is -0.692. The molecule has 0 bridgehead atoms. The van der Waals surface area contributed by atoms with Crippen molar-refractivity contribution in [2.75, 3.05) is 0 Å². The Hall–Kier alpha value is -2.58. The predicted octanol–water partition coefficient (Wildman–Crippen LogP) is 1.28. The second-order valence-electron chi connectivity index (χ2n) is 5.39. The van der Waals surface area contributed by atoms with Crippen LogP contribution in [0.2, 0.25) is 0 Å². The van der Waals surface area contributed by atoms with E-state index in [1.54, 1.807) is 0 Å². The van der Waals surface area contributed by atoms with Crippen LogP contribution in [0.25, 0.3) is 12.2 Å². The number of hydrogen-bond acceptors (Lipinski definition) is 0. The minimum Gasteiger partial charge on any atom is -1.00 e. The van der Waals surface area contributed by atoms with Crippen molar-refractivity contribution in [2.45, 2.75) is 13.0 Å². The number of nitrogens with one attached hydrogen (secondary N) is 1. The van der Waals surface area contributed by atoms with Gasteiger partial charge >= 0.3 is 0 Å². The normalized spacial score (nSPS) is 11.0. The van der Waals surface area contributed by atoms with E-state index in [0.717, 1.165) is 13.0 Å². The predicted molar refractivity (Wildman–Crippen MR) is 95.6 cm³/mol. The van der Waals surface area contributed by atoms with Gasteiger partial charge in [0.15, 0.2) is 0 Å². The Labute approximate surface area is 149 Å². The van der Waals surface area contributed by atoms with Crippen LogP contribution >= 0.6 is 0 Å². The first-order valence-corrected chi connectivity index (χ1v) is 7.91. The maximum atomic E-state index is 3.32. The summed E-state index contributed by atoms with van der Waals surface area (Å²) in [4.78, 5) is 3.32. The first-order chi connectivity index (χ1) is 11.4. The van der Waals surface area contributed by atoms with Crippen LogP contribution in [0.4, 0.5) is 0 Å². The molecule has 0 amide bonds. The van der Waals surface area contributed by atoms with Crippen molar-refractivity contribution in [2.24, 2.45) is 0 Å². The lowest BCUT2D eigenvalue weighted by Crippen LogP contribution is -3.00. The molecule has 0 radical (unpaired) electrons. The van der Waals surface area contributed by atoms with Gasteiger partial charge in [-0.25, -0.2) is 9.55 Å². The summed E-state index contributed by atoms with van der Waals surface area (Å²) in [7, 11) is 0. The number of allylic oxidation sites excluding steroid dienone is 2. The van der Waals surface area contributed by atoms with Crippen molar-refractivity contribution in [1.29, 1.82) is 0 Å². The molecule has 0 saturated carbocycles. The molecule has 0 aliphatic rings. The molecule has 0 saturated heterocycles. The summed E-state index contributed by atoms with van der Waals surface area (Å²) in [6, 6.07) is 20.8. The lowest BCUT2D eigenvalue weighted by atomic mass is 10.2. The lowest BCUT2D eigenvalue weighted by Gasteiger charge is -1.96. The number of aromatic amines is 1. The molecule has 0 aliphatic heterocycles. The van der Waals surface area contributed by atoms with Gasteiger partial charge in [-0.15, -0.1) is 0 Å². The van der Waals surface area contributed by atoms with Gasteiger partial charge in [0.05, 0.1) is 6.42 Å². The molecule has 0 fully saturated rings. The zero-order chi connectivity index (χ0) is 15.7. The molecule has 0 atom stereocenters. The molecule has 3 rings (SSSR count). The van der Waals surface area contributed by atoms with E-state index >= 15 is 0 Å². The highest BCUT2D eigenvalue weighted by Crippen LogP contribution is 2.03. The van der Waals surface area contributed by atoms with E-state index in [9.17, 15) is 0 Å². The number of halogens is 1. The highest BCUT2D eigenvalue weighted by molar-refractivity contribution is 5.49. The molecule has 0 unspecified atom stereocenters. The van der Waals surface area contributed by atoms with Crippen molar-refractivity contribution in [1.82, 2.24) is 4.98 Å². The smallest absolute Gasteiger partial charge is 0.258 e. The molecule has 3 heteroatoms. The summed E-state index contributed by atoms with van der Waals surface area (Å²) in [5.74, 6) is 1.20. The molecule has 3 aromatic rings. The molecule has 1 N–H and O–H groups in total. The van der Waals surface area contributed by atoms with Gasteiger partial charge in [0, 0.05) is 0 Å². The molecule has 122 valence electrons. The van der Waals surface area contributed by atoms with Gasteiger partial charge in [-0.1, -0.05) is 78.9 Å². The fourth-order valence-electron chi connectivity index (χ4n) is 2.48. The van der Waals surface area contributed by atoms with Crippen LogP contribution in [0.1, 0.15) is 17.0 Å². The number of imidazole rings is 1. The Balaban J connectivity index is 0.00000208. The van der Waals surface area contributed by atoms with E-state index in [1.807, 2.05) is 18.3 Å². The van der Waals surface area contributed by atoms with Crippen LogP contribution in [0.5, 0.6) is 0 Å². The van der Waals surface area contributed by atoms with Gasteiger partial charge in [0.2, 0.25) is 0 Å². The summed E-state index contributed by atoms with van der Waals surface area (Å²) >= 11 is 0. The second-order valence-corrected chi connectivity index (χ2v) is 5.39. The van der Waals surface area contributed by atoms with Crippen LogP contribution in [-0.4, -0.2) is 4.98 Å². The van der Waals surface area contributed by atoms with Crippen molar-refractivity contribution in [3.8, 4) is 0 Å². The minimum atomic E-state index is 0. The van der Waals surface area contributed by atoms with Crippen LogP contribution in [-0.2, 0) is 13.0 Å². The second kappa shape index (κ2) is 9.53. The zero-order valence-corrected chi connectivity index (χ0v) is 14.2. The fraction of sp³-hybridized carbons (Fsp3) is 0.0952. The van der Waals surface area contributed by atoms with E-state index in [0.29, 0.717) is 0 Å². The number of rotatable bonds is 6. The zero-order valence-electron chi connectivity index (χ0n) is 13.5. The van der Waals surface area contributed by atoms with Gasteiger partial charge in [-0.3, -0.25) is 0 Å². The summed E-state index contributed by atoms with van der Waals surface area (Å²) in [5.41, 5.74) is 2.46. The number of benzene rings is 2. The van der Waals surface area contributed by atoms with Crippen LogP contribution in [0, 0.1) is 0 Å². The van der Waals surface area contributed by atoms with Crippen molar-refractivity contribution in [3.63, 3.8) is 0 Å². The maximum absolute atomic E-state index is 3.32.